The first kappa shape index (κ1) is 15.9. The van der Waals surface area contributed by atoms with Gasteiger partial charge in [0.2, 0.25) is 16.0 Å². The number of rotatable bonds is 4. The molecule has 3 heterocycles. The number of sulfonamides is 1. The van der Waals surface area contributed by atoms with Crippen molar-refractivity contribution in [1.29, 1.82) is 0 Å². The van der Waals surface area contributed by atoms with Crippen LogP contribution in [0, 0.1) is 13.8 Å². The molecule has 0 atom stereocenters. The van der Waals surface area contributed by atoms with Gasteiger partial charge in [0.15, 0.2) is 5.76 Å². The van der Waals surface area contributed by atoms with E-state index in [4.69, 9.17) is 4.52 Å². The molecule has 0 saturated carbocycles. The number of nitrogens with zero attached hydrogens (tertiary/aromatic N) is 4. The maximum absolute atomic E-state index is 12.5. The van der Waals surface area contributed by atoms with Gasteiger partial charge < -0.3 is 9.42 Å². The van der Waals surface area contributed by atoms with Crippen LogP contribution in [0.25, 0.3) is 0 Å². The van der Waals surface area contributed by atoms with Gasteiger partial charge in [0.25, 0.3) is 0 Å². The molecule has 1 saturated heterocycles. The van der Waals surface area contributed by atoms with E-state index in [-0.39, 0.29) is 10.9 Å². The number of aromatic nitrogens is 3. The second-order valence-electron chi connectivity index (χ2n) is 5.58. The van der Waals surface area contributed by atoms with Crippen molar-refractivity contribution in [2.75, 3.05) is 18.0 Å². The van der Waals surface area contributed by atoms with E-state index in [9.17, 15) is 8.42 Å². The minimum Gasteiger partial charge on any atom is -0.360 e. The third-order valence-corrected chi connectivity index (χ3v) is 5.65. The summed E-state index contributed by atoms with van der Waals surface area (Å²) < 4.78 is 32.7. The first-order valence-electron chi connectivity index (χ1n) is 7.44. The Labute approximate surface area is 135 Å². The Morgan fingerprint density at radius 3 is 2.43 bits per heavy atom. The lowest BCUT2D eigenvalue weighted by molar-refractivity contribution is 0.390. The van der Waals surface area contributed by atoms with Gasteiger partial charge in [-0.05, 0) is 32.8 Å². The second kappa shape index (κ2) is 6.25. The van der Waals surface area contributed by atoms with E-state index < -0.39 is 10.0 Å². The molecular formula is C14H19N5O3S. The minimum atomic E-state index is -3.62. The van der Waals surface area contributed by atoms with Crippen LogP contribution in [0.15, 0.2) is 27.9 Å². The van der Waals surface area contributed by atoms with Gasteiger partial charge in [0, 0.05) is 31.5 Å². The van der Waals surface area contributed by atoms with Crippen LogP contribution in [-0.2, 0) is 10.0 Å². The van der Waals surface area contributed by atoms with Crippen molar-refractivity contribution in [3.05, 3.63) is 29.9 Å². The van der Waals surface area contributed by atoms with Gasteiger partial charge in [-0.3, -0.25) is 0 Å². The summed E-state index contributed by atoms with van der Waals surface area (Å²) in [5.74, 6) is 0.990. The summed E-state index contributed by atoms with van der Waals surface area (Å²) in [6, 6.07) is 1.65. The van der Waals surface area contributed by atoms with Gasteiger partial charge in [0.1, 0.15) is 10.6 Å². The zero-order valence-corrected chi connectivity index (χ0v) is 13.9. The van der Waals surface area contributed by atoms with Gasteiger partial charge in [-0.2, -0.15) is 0 Å². The molecule has 0 aromatic carbocycles. The molecule has 1 fully saturated rings. The van der Waals surface area contributed by atoms with Crippen molar-refractivity contribution >= 4 is 16.0 Å². The first-order chi connectivity index (χ1) is 11.0. The van der Waals surface area contributed by atoms with E-state index in [0.717, 1.165) is 0 Å². The molecule has 0 amide bonds. The van der Waals surface area contributed by atoms with E-state index in [0.29, 0.717) is 43.3 Å². The summed E-state index contributed by atoms with van der Waals surface area (Å²) in [7, 11) is -3.62. The number of aryl methyl sites for hydroxylation is 2. The topological polar surface area (TPSA) is 101 Å². The summed E-state index contributed by atoms with van der Waals surface area (Å²) in [6.07, 6.45) is 4.80. The molecule has 1 aliphatic heterocycles. The average Bonchev–Trinajstić information content (AvgIpc) is 2.88. The third-order valence-electron chi connectivity index (χ3n) is 3.89. The summed E-state index contributed by atoms with van der Waals surface area (Å²) in [5.41, 5.74) is 0.380. The van der Waals surface area contributed by atoms with Crippen LogP contribution < -0.4 is 9.62 Å². The van der Waals surface area contributed by atoms with Crippen molar-refractivity contribution in [3.63, 3.8) is 0 Å². The van der Waals surface area contributed by atoms with E-state index >= 15 is 0 Å². The monoisotopic (exact) mass is 337 g/mol. The fraction of sp³-hybridized carbons (Fsp3) is 0.500. The lowest BCUT2D eigenvalue weighted by Gasteiger charge is -2.32. The van der Waals surface area contributed by atoms with Crippen LogP contribution in [-0.4, -0.2) is 42.7 Å². The Morgan fingerprint density at radius 1 is 1.22 bits per heavy atom. The quantitative estimate of drug-likeness (QED) is 0.889. The second-order valence-corrected chi connectivity index (χ2v) is 7.24. The van der Waals surface area contributed by atoms with Gasteiger partial charge >= 0.3 is 0 Å². The Hall–Kier alpha value is -2.00. The van der Waals surface area contributed by atoms with E-state index in [1.165, 1.54) is 0 Å². The average molecular weight is 337 g/mol. The summed E-state index contributed by atoms with van der Waals surface area (Å²) in [5, 5.41) is 3.71. The van der Waals surface area contributed by atoms with Gasteiger partial charge in [-0.15, -0.1) is 0 Å². The highest BCUT2D eigenvalue weighted by Gasteiger charge is 2.29. The standard InChI is InChI=1S/C14H19N5O3S/c1-10-13(11(2)22-17-10)23(20,21)18-12-4-8-19(9-5-12)14-15-6-3-7-16-14/h3,6-7,12,18H,4-5,8-9H2,1-2H3. The molecule has 0 radical (unpaired) electrons. The third kappa shape index (κ3) is 3.35. The number of nitrogens with one attached hydrogen (secondary N) is 1. The maximum atomic E-state index is 12.5. The molecule has 23 heavy (non-hydrogen) atoms. The zero-order chi connectivity index (χ0) is 16.4. The molecule has 124 valence electrons. The lowest BCUT2D eigenvalue weighted by atomic mass is 10.1. The van der Waals surface area contributed by atoms with Crippen LogP contribution in [0.2, 0.25) is 0 Å². The predicted octanol–water partition coefficient (Wildman–Crippen LogP) is 1.03. The lowest BCUT2D eigenvalue weighted by Crippen LogP contribution is -2.45. The molecule has 3 rings (SSSR count). The van der Waals surface area contributed by atoms with Crippen LogP contribution in [0.1, 0.15) is 24.3 Å². The largest absolute Gasteiger partial charge is 0.360 e. The van der Waals surface area contributed by atoms with Crippen molar-refractivity contribution in [2.45, 2.75) is 37.6 Å². The minimum absolute atomic E-state index is 0.117. The first-order valence-corrected chi connectivity index (χ1v) is 8.93. The Balaban J connectivity index is 1.65. The van der Waals surface area contributed by atoms with Gasteiger partial charge in [0.05, 0.1) is 0 Å². The molecule has 2 aromatic rings. The van der Waals surface area contributed by atoms with E-state index in [1.54, 1.807) is 32.3 Å². The molecular weight excluding hydrogens is 318 g/mol. The predicted molar refractivity (Wildman–Crippen MR) is 83.6 cm³/mol. The Morgan fingerprint density at radius 2 is 1.87 bits per heavy atom. The van der Waals surface area contributed by atoms with Crippen LogP contribution in [0.4, 0.5) is 5.95 Å². The molecule has 1 N–H and O–H groups in total. The van der Waals surface area contributed by atoms with Crippen LogP contribution in [0.5, 0.6) is 0 Å². The highest BCUT2D eigenvalue weighted by molar-refractivity contribution is 7.89. The maximum Gasteiger partial charge on any atom is 0.246 e. The fourth-order valence-corrected chi connectivity index (χ4v) is 4.42. The van der Waals surface area contributed by atoms with Gasteiger partial charge in [-0.1, -0.05) is 5.16 Å². The highest BCUT2D eigenvalue weighted by atomic mass is 32.2. The highest BCUT2D eigenvalue weighted by Crippen LogP contribution is 2.21. The van der Waals surface area contributed by atoms with Gasteiger partial charge in [-0.25, -0.2) is 23.1 Å². The number of anilines is 1. The number of hydrogen-bond donors (Lipinski definition) is 1. The van der Waals surface area contributed by atoms with Crippen molar-refractivity contribution in [1.82, 2.24) is 19.8 Å². The summed E-state index contributed by atoms with van der Waals surface area (Å²) >= 11 is 0. The molecule has 0 bridgehead atoms. The van der Waals surface area contributed by atoms with Crippen molar-refractivity contribution in [2.24, 2.45) is 0 Å². The van der Waals surface area contributed by atoms with Crippen molar-refractivity contribution < 1.29 is 12.9 Å². The molecule has 0 spiro atoms. The molecule has 0 aliphatic carbocycles. The molecule has 1 aliphatic rings. The summed E-state index contributed by atoms with van der Waals surface area (Å²) in [6.45, 7) is 4.64. The van der Waals surface area contributed by atoms with E-state index in [1.807, 2.05) is 0 Å². The molecule has 9 heteroatoms. The number of piperidine rings is 1. The van der Waals surface area contributed by atoms with Crippen LogP contribution in [0.3, 0.4) is 0 Å². The normalized spacial score (nSPS) is 16.7. The molecule has 0 unspecified atom stereocenters. The summed E-state index contributed by atoms with van der Waals surface area (Å²) in [4.78, 5) is 10.6. The van der Waals surface area contributed by atoms with E-state index in [2.05, 4.69) is 24.7 Å². The fourth-order valence-electron chi connectivity index (χ4n) is 2.79. The smallest absolute Gasteiger partial charge is 0.246 e. The number of hydrogen-bond acceptors (Lipinski definition) is 7. The SMILES string of the molecule is Cc1noc(C)c1S(=O)(=O)NC1CCN(c2ncccn2)CC1. The molecule has 8 nitrogen and oxygen atoms in total. The van der Waals surface area contributed by atoms with Crippen LogP contribution >= 0.6 is 0 Å². The zero-order valence-electron chi connectivity index (χ0n) is 13.1. The molecule has 2 aromatic heterocycles. The Bertz CT molecular complexity index is 747. The van der Waals surface area contributed by atoms with Crippen molar-refractivity contribution in [3.8, 4) is 0 Å². The Kier molecular flexibility index (Phi) is 4.31.